The van der Waals surface area contributed by atoms with Crippen LogP contribution in [0, 0.1) is 0 Å². The molecule has 1 unspecified atom stereocenters. The van der Waals surface area contributed by atoms with Crippen molar-refractivity contribution in [2.45, 2.75) is 12.5 Å². The van der Waals surface area contributed by atoms with Gasteiger partial charge >= 0.3 is 0 Å². The van der Waals surface area contributed by atoms with Crippen LogP contribution in [0.4, 0.5) is 11.4 Å². The molecule has 82 valence electrons. The lowest BCUT2D eigenvalue weighted by atomic mass is 10.2. The van der Waals surface area contributed by atoms with Gasteiger partial charge < -0.3 is 15.5 Å². The van der Waals surface area contributed by atoms with Gasteiger partial charge in [-0.05, 0) is 18.6 Å². The van der Waals surface area contributed by atoms with E-state index in [1.807, 2.05) is 0 Å². The second-order valence-corrected chi connectivity index (χ2v) is 4.38. The van der Waals surface area contributed by atoms with Gasteiger partial charge in [-0.15, -0.1) is 0 Å². The van der Waals surface area contributed by atoms with Crippen molar-refractivity contribution in [3.05, 3.63) is 24.3 Å². The molecule has 0 saturated carbocycles. The number of hydrogen-bond acceptors (Lipinski definition) is 3. The van der Waals surface area contributed by atoms with Crippen LogP contribution in [0.1, 0.15) is 6.42 Å². The minimum absolute atomic E-state index is 0.334. The van der Waals surface area contributed by atoms with E-state index in [-0.39, 0.29) is 0 Å². The molecule has 1 aliphatic rings. The van der Waals surface area contributed by atoms with Crippen LogP contribution in [-0.4, -0.2) is 33.2 Å². The Morgan fingerprint density at radius 3 is 2.67 bits per heavy atom. The van der Waals surface area contributed by atoms with Crippen LogP contribution in [0.3, 0.4) is 0 Å². The summed E-state index contributed by atoms with van der Waals surface area (Å²) in [6.07, 6.45) is 1.10. The van der Waals surface area contributed by atoms with E-state index in [0.717, 1.165) is 19.5 Å². The highest BCUT2D eigenvalue weighted by atomic mass is 15.2. The number of rotatable bonds is 2. The molecule has 1 heterocycles. The highest BCUT2D eigenvalue weighted by molar-refractivity contribution is 5.71. The molecule has 3 heteroatoms. The van der Waals surface area contributed by atoms with Crippen LogP contribution in [-0.2, 0) is 0 Å². The Balaban J connectivity index is 2.27. The molecule has 1 aromatic rings. The van der Waals surface area contributed by atoms with Gasteiger partial charge in [0, 0.05) is 33.2 Å². The number of anilines is 2. The molecule has 0 amide bonds. The van der Waals surface area contributed by atoms with E-state index in [4.69, 9.17) is 5.73 Å². The van der Waals surface area contributed by atoms with Crippen molar-refractivity contribution >= 4 is 11.4 Å². The number of hydrogen-bond donors (Lipinski definition) is 1. The van der Waals surface area contributed by atoms with Gasteiger partial charge in [0.25, 0.3) is 0 Å². The Morgan fingerprint density at radius 2 is 2.07 bits per heavy atom. The van der Waals surface area contributed by atoms with Gasteiger partial charge in [-0.2, -0.15) is 0 Å². The second-order valence-electron chi connectivity index (χ2n) is 4.38. The van der Waals surface area contributed by atoms with E-state index >= 15 is 0 Å². The SMILES string of the molecule is CN(C)c1ccccc1N1CCC(N)C1. The summed E-state index contributed by atoms with van der Waals surface area (Å²) in [5.74, 6) is 0. The lowest BCUT2D eigenvalue weighted by Gasteiger charge is -2.25. The summed E-state index contributed by atoms with van der Waals surface area (Å²) in [4.78, 5) is 4.53. The Morgan fingerprint density at radius 1 is 1.33 bits per heavy atom. The fourth-order valence-corrected chi connectivity index (χ4v) is 2.12. The highest BCUT2D eigenvalue weighted by Gasteiger charge is 2.21. The van der Waals surface area contributed by atoms with Gasteiger partial charge in [0.1, 0.15) is 0 Å². The first-order chi connectivity index (χ1) is 7.18. The lowest BCUT2D eigenvalue weighted by Crippen LogP contribution is -2.27. The number of nitrogens with zero attached hydrogens (tertiary/aromatic N) is 2. The minimum atomic E-state index is 0.334. The molecule has 1 saturated heterocycles. The average molecular weight is 205 g/mol. The molecule has 1 aliphatic heterocycles. The normalized spacial score (nSPS) is 20.7. The predicted molar refractivity (Wildman–Crippen MR) is 65.6 cm³/mol. The monoisotopic (exact) mass is 205 g/mol. The zero-order valence-corrected chi connectivity index (χ0v) is 9.48. The summed E-state index contributed by atoms with van der Waals surface area (Å²) in [5, 5.41) is 0. The molecule has 2 N–H and O–H groups in total. The maximum Gasteiger partial charge on any atom is 0.0604 e. The Kier molecular flexibility index (Phi) is 2.82. The largest absolute Gasteiger partial charge is 0.376 e. The second kappa shape index (κ2) is 4.11. The molecule has 0 aromatic heterocycles. The maximum absolute atomic E-state index is 5.93. The Hall–Kier alpha value is -1.22. The zero-order chi connectivity index (χ0) is 10.8. The molecule has 0 radical (unpaired) electrons. The van der Waals surface area contributed by atoms with Crippen molar-refractivity contribution in [3.63, 3.8) is 0 Å². The third-order valence-corrected chi connectivity index (χ3v) is 2.93. The van der Waals surface area contributed by atoms with Crippen LogP contribution in [0.25, 0.3) is 0 Å². The van der Waals surface area contributed by atoms with E-state index in [2.05, 4.69) is 48.2 Å². The van der Waals surface area contributed by atoms with Gasteiger partial charge in [-0.1, -0.05) is 12.1 Å². The molecule has 1 atom stereocenters. The number of nitrogens with two attached hydrogens (primary N) is 1. The third-order valence-electron chi connectivity index (χ3n) is 2.93. The molecule has 0 bridgehead atoms. The number of benzene rings is 1. The first-order valence-electron chi connectivity index (χ1n) is 5.45. The molecule has 0 spiro atoms. The van der Waals surface area contributed by atoms with Crippen LogP contribution in [0.2, 0.25) is 0 Å². The summed E-state index contributed by atoms with van der Waals surface area (Å²) in [6.45, 7) is 2.05. The molecular weight excluding hydrogens is 186 g/mol. The van der Waals surface area contributed by atoms with Crippen molar-refractivity contribution in [1.82, 2.24) is 0 Å². The minimum Gasteiger partial charge on any atom is -0.376 e. The summed E-state index contributed by atoms with van der Waals surface area (Å²) in [5.41, 5.74) is 8.50. The summed E-state index contributed by atoms with van der Waals surface area (Å²) in [6, 6.07) is 8.83. The topological polar surface area (TPSA) is 32.5 Å². The van der Waals surface area contributed by atoms with E-state index in [0.29, 0.717) is 6.04 Å². The highest BCUT2D eigenvalue weighted by Crippen LogP contribution is 2.29. The van der Waals surface area contributed by atoms with Crippen LogP contribution < -0.4 is 15.5 Å². The van der Waals surface area contributed by atoms with Crippen molar-refractivity contribution in [3.8, 4) is 0 Å². The molecule has 2 rings (SSSR count). The van der Waals surface area contributed by atoms with Gasteiger partial charge in [0.2, 0.25) is 0 Å². The first kappa shape index (κ1) is 10.3. The quantitative estimate of drug-likeness (QED) is 0.789. The van der Waals surface area contributed by atoms with Crippen LogP contribution in [0.5, 0.6) is 0 Å². The molecule has 0 aliphatic carbocycles. The van der Waals surface area contributed by atoms with Crippen molar-refractivity contribution in [2.75, 3.05) is 37.0 Å². The van der Waals surface area contributed by atoms with Gasteiger partial charge in [0.05, 0.1) is 11.4 Å². The fourth-order valence-electron chi connectivity index (χ4n) is 2.12. The molecular formula is C12H19N3. The molecule has 1 fully saturated rings. The smallest absolute Gasteiger partial charge is 0.0604 e. The van der Waals surface area contributed by atoms with Gasteiger partial charge in [0.15, 0.2) is 0 Å². The average Bonchev–Trinajstić information content (AvgIpc) is 2.65. The standard InChI is InChI=1S/C12H19N3/c1-14(2)11-5-3-4-6-12(11)15-8-7-10(13)9-15/h3-6,10H,7-9,13H2,1-2H3. The molecule has 3 nitrogen and oxygen atoms in total. The number of para-hydroxylation sites is 2. The third kappa shape index (κ3) is 2.07. The predicted octanol–water partition coefficient (Wildman–Crippen LogP) is 1.29. The van der Waals surface area contributed by atoms with Crippen molar-refractivity contribution < 1.29 is 0 Å². The van der Waals surface area contributed by atoms with Crippen molar-refractivity contribution in [2.24, 2.45) is 5.73 Å². The summed E-state index contributed by atoms with van der Waals surface area (Å²) in [7, 11) is 4.16. The Labute approximate surface area is 91.5 Å². The maximum atomic E-state index is 5.93. The first-order valence-corrected chi connectivity index (χ1v) is 5.45. The fraction of sp³-hybridized carbons (Fsp3) is 0.500. The summed E-state index contributed by atoms with van der Waals surface area (Å²) >= 11 is 0. The van der Waals surface area contributed by atoms with Gasteiger partial charge in [-0.3, -0.25) is 0 Å². The Bertz CT molecular complexity index is 335. The van der Waals surface area contributed by atoms with E-state index < -0.39 is 0 Å². The van der Waals surface area contributed by atoms with E-state index in [9.17, 15) is 0 Å². The van der Waals surface area contributed by atoms with Crippen LogP contribution >= 0.6 is 0 Å². The lowest BCUT2D eigenvalue weighted by molar-refractivity contribution is 0.752. The molecule has 1 aromatic carbocycles. The van der Waals surface area contributed by atoms with E-state index in [1.54, 1.807) is 0 Å². The van der Waals surface area contributed by atoms with E-state index in [1.165, 1.54) is 11.4 Å². The zero-order valence-electron chi connectivity index (χ0n) is 9.48. The van der Waals surface area contributed by atoms with Crippen LogP contribution in [0.15, 0.2) is 24.3 Å². The van der Waals surface area contributed by atoms with Gasteiger partial charge in [-0.25, -0.2) is 0 Å². The van der Waals surface area contributed by atoms with Crippen molar-refractivity contribution in [1.29, 1.82) is 0 Å². The summed E-state index contributed by atoms with van der Waals surface area (Å²) < 4.78 is 0. The molecule has 15 heavy (non-hydrogen) atoms.